The molecule has 0 spiro atoms. The molecule has 4 heteroatoms. The molecule has 0 bridgehead atoms. The lowest BCUT2D eigenvalue weighted by atomic mass is 9.87. The number of nitrogens with zero attached hydrogens (tertiary/aromatic N) is 2. The Morgan fingerprint density at radius 1 is 0.880 bits per heavy atom. The number of likely N-dealkylation sites (tertiary alicyclic amines) is 1. The zero-order valence-electron chi connectivity index (χ0n) is 13.9. The smallest absolute Gasteiger partial charge is 0.240 e. The van der Waals surface area contributed by atoms with Gasteiger partial charge in [-0.25, -0.2) is 4.90 Å². The van der Waals surface area contributed by atoms with Crippen LogP contribution in [0.5, 0.6) is 0 Å². The first-order valence-corrected chi connectivity index (χ1v) is 8.31. The minimum atomic E-state index is -0.507. The normalized spacial score (nSPS) is 28.9. The molecule has 2 heterocycles. The monoisotopic (exact) mass is 330 g/mol. The van der Waals surface area contributed by atoms with E-state index in [9.17, 15) is 9.59 Å². The minimum absolute atomic E-state index is 0.167. The van der Waals surface area contributed by atoms with E-state index in [1.807, 2.05) is 60.5 Å². The maximum absolute atomic E-state index is 13.2. The fourth-order valence-corrected chi connectivity index (χ4v) is 4.20. The number of fused-ring (bicyclic) bond motifs is 1. The van der Waals surface area contributed by atoms with E-state index in [1.54, 1.807) is 12.1 Å². The summed E-state index contributed by atoms with van der Waals surface area (Å²) in [6.07, 6.45) is 5.74. The van der Waals surface area contributed by atoms with Crippen molar-refractivity contribution in [3.05, 3.63) is 66.2 Å². The summed E-state index contributed by atoms with van der Waals surface area (Å²) in [7, 11) is 1.90. The molecule has 4 atom stereocenters. The van der Waals surface area contributed by atoms with Gasteiger partial charge in [0.1, 0.15) is 0 Å². The van der Waals surface area contributed by atoms with Gasteiger partial charge < -0.3 is 0 Å². The largest absolute Gasteiger partial charge is 0.284 e. The van der Waals surface area contributed by atoms with E-state index >= 15 is 0 Å². The molecule has 2 fully saturated rings. The third-order valence-corrected chi connectivity index (χ3v) is 5.28. The van der Waals surface area contributed by atoms with E-state index in [0.717, 1.165) is 5.56 Å². The van der Waals surface area contributed by atoms with Crippen LogP contribution in [0.25, 0.3) is 0 Å². The molecular formula is C21H18N2O2. The van der Waals surface area contributed by atoms with Gasteiger partial charge in [-0.3, -0.25) is 14.5 Å². The predicted molar refractivity (Wildman–Crippen MR) is 95.5 cm³/mol. The first-order chi connectivity index (χ1) is 12.1. The van der Waals surface area contributed by atoms with E-state index in [2.05, 4.69) is 5.92 Å². The highest BCUT2D eigenvalue weighted by Crippen LogP contribution is 2.49. The maximum atomic E-state index is 13.2. The minimum Gasteiger partial charge on any atom is -0.284 e. The van der Waals surface area contributed by atoms with Crippen molar-refractivity contribution >= 4 is 17.5 Å². The molecule has 0 saturated carbocycles. The third kappa shape index (κ3) is 2.20. The summed E-state index contributed by atoms with van der Waals surface area (Å²) < 4.78 is 0. The van der Waals surface area contributed by atoms with Gasteiger partial charge in [-0.2, -0.15) is 0 Å². The van der Waals surface area contributed by atoms with Gasteiger partial charge in [-0.15, -0.1) is 6.42 Å². The average molecular weight is 330 g/mol. The zero-order chi connectivity index (χ0) is 17.6. The Hall–Kier alpha value is -2.90. The molecule has 0 unspecified atom stereocenters. The van der Waals surface area contributed by atoms with Gasteiger partial charge in [-0.1, -0.05) is 54.5 Å². The zero-order valence-corrected chi connectivity index (χ0v) is 13.9. The quantitative estimate of drug-likeness (QED) is 0.627. The number of carbonyl (C=O) groups is 2. The van der Waals surface area contributed by atoms with Gasteiger partial charge in [0, 0.05) is 6.04 Å². The number of hydrogen-bond acceptors (Lipinski definition) is 3. The first kappa shape index (κ1) is 15.6. The first-order valence-electron chi connectivity index (χ1n) is 8.31. The second kappa shape index (κ2) is 5.87. The molecule has 0 N–H and O–H groups in total. The molecule has 0 radical (unpaired) electrons. The van der Waals surface area contributed by atoms with Crippen LogP contribution >= 0.6 is 0 Å². The summed E-state index contributed by atoms with van der Waals surface area (Å²) in [4.78, 5) is 29.6. The van der Waals surface area contributed by atoms with Crippen molar-refractivity contribution in [2.45, 2.75) is 12.1 Å². The molecule has 2 aromatic rings. The van der Waals surface area contributed by atoms with Crippen molar-refractivity contribution in [1.82, 2.24) is 4.90 Å². The topological polar surface area (TPSA) is 40.6 Å². The van der Waals surface area contributed by atoms with Crippen molar-refractivity contribution in [2.75, 3.05) is 11.9 Å². The Morgan fingerprint density at radius 2 is 1.44 bits per heavy atom. The van der Waals surface area contributed by atoms with Crippen molar-refractivity contribution < 1.29 is 9.59 Å². The van der Waals surface area contributed by atoms with E-state index in [0.29, 0.717) is 5.69 Å². The summed E-state index contributed by atoms with van der Waals surface area (Å²) in [5.41, 5.74) is 1.62. The lowest BCUT2D eigenvalue weighted by molar-refractivity contribution is -0.123. The summed E-state index contributed by atoms with van der Waals surface area (Å²) in [5.74, 6) is 1.40. The van der Waals surface area contributed by atoms with Crippen LogP contribution in [0.15, 0.2) is 60.7 Å². The van der Waals surface area contributed by atoms with Crippen molar-refractivity contribution in [3.8, 4) is 12.3 Å². The van der Waals surface area contributed by atoms with Crippen molar-refractivity contribution in [3.63, 3.8) is 0 Å². The van der Waals surface area contributed by atoms with Crippen LogP contribution < -0.4 is 4.90 Å². The fraction of sp³-hybridized carbons (Fsp3) is 0.238. The van der Waals surface area contributed by atoms with Crippen molar-refractivity contribution in [1.29, 1.82) is 0 Å². The molecule has 4 nitrogen and oxygen atoms in total. The summed E-state index contributed by atoms with van der Waals surface area (Å²) in [6.45, 7) is 0. The standard InChI is InChI=1S/C21H18N2O2/c1-3-16-17-18(19(22(16)2)14-10-6-4-7-11-14)21(25)23(20(17)24)15-12-8-5-9-13-15/h1,4-13,16-19H,2H3/t16-,17-,18-,19-/m0/s1. The van der Waals surface area contributed by atoms with Crippen LogP contribution in [0.3, 0.4) is 0 Å². The van der Waals surface area contributed by atoms with Gasteiger partial charge in [0.05, 0.1) is 23.6 Å². The van der Waals surface area contributed by atoms with E-state index in [1.165, 1.54) is 4.90 Å². The molecule has 2 saturated heterocycles. The number of amides is 2. The van der Waals surface area contributed by atoms with Crippen LogP contribution in [0, 0.1) is 24.2 Å². The lowest BCUT2D eigenvalue weighted by Crippen LogP contribution is -2.39. The summed E-state index contributed by atoms with van der Waals surface area (Å²) in [5, 5.41) is 0. The molecule has 2 aliphatic heterocycles. The van der Waals surface area contributed by atoms with Crippen LogP contribution in [-0.2, 0) is 9.59 Å². The number of para-hydroxylation sites is 1. The fourth-order valence-electron chi connectivity index (χ4n) is 4.20. The number of benzene rings is 2. The average Bonchev–Trinajstić information content (AvgIpc) is 3.08. The number of imide groups is 1. The highest BCUT2D eigenvalue weighted by Gasteiger charge is 2.61. The second-order valence-corrected chi connectivity index (χ2v) is 6.53. The molecule has 25 heavy (non-hydrogen) atoms. The van der Waals surface area contributed by atoms with Gasteiger partial charge in [-0.05, 0) is 24.7 Å². The molecule has 2 amide bonds. The molecule has 4 rings (SSSR count). The van der Waals surface area contributed by atoms with E-state index in [-0.39, 0.29) is 23.9 Å². The molecule has 2 aromatic carbocycles. The van der Waals surface area contributed by atoms with Crippen LogP contribution in [0.2, 0.25) is 0 Å². The number of carbonyl (C=O) groups excluding carboxylic acids is 2. The molecular weight excluding hydrogens is 312 g/mol. The van der Waals surface area contributed by atoms with Crippen LogP contribution in [-0.4, -0.2) is 29.8 Å². The Bertz CT molecular complexity index is 856. The molecule has 124 valence electrons. The van der Waals surface area contributed by atoms with Gasteiger partial charge in [0.15, 0.2) is 0 Å². The predicted octanol–water partition coefficient (Wildman–Crippen LogP) is 2.48. The van der Waals surface area contributed by atoms with Crippen molar-refractivity contribution in [2.24, 2.45) is 11.8 Å². The van der Waals surface area contributed by atoms with Gasteiger partial charge in [0.2, 0.25) is 11.8 Å². The Labute approximate surface area is 147 Å². The lowest BCUT2D eigenvalue weighted by Gasteiger charge is -2.28. The third-order valence-electron chi connectivity index (χ3n) is 5.28. The summed E-state index contributed by atoms with van der Waals surface area (Å²) in [6, 6.07) is 18.3. The Balaban J connectivity index is 1.81. The van der Waals surface area contributed by atoms with E-state index < -0.39 is 11.8 Å². The summed E-state index contributed by atoms with van der Waals surface area (Å²) >= 11 is 0. The Morgan fingerprint density at radius 3 is 2.04 bits per heavy atom. The number of rotatable bonds is 2. The molecule has 0 aliphatic carbocycles. The molecule has 0 aromatic heterocycles. The maximum Gasteiger partial charge on any atom is 0.240 e. The molecule has 2 aliphatic rings. The number of terminal acetylenes is 1. The highest BCUT2D eigenvalue weighted by atomic mass is 16.2. The van der Waals surface area contributed by atoms with E-state index in [4.69, 9.17) is 6.42 Å². The number of anilines is 1. The van der Waals surface area contributed by atoms with Gasteiger partial charge in [0.25, 0.3) is 0 Å². The Kier molecular flexibility index (Phi) is 3.67. The SMILES string of the molecule is C#C[C@H]1[C@@H]2C(=O)N(c3ccccc3)C(=O)[C@@H]2[C@H](c2ccccc2)N1C. The number of hydrogen-bond donors (Lipinski definition) is 0. The van der Waals surface area contributed by atoms with Crippen LogP contribution in [0.1, 0.15) is 11.6 Å². The second-order valence-electron chi connectivity index (χ2n) is 6.53. The highest BCUT2D eigenvalue weighted by molar-refractivity contribution is 6.23. The van der Waals surface area contributed by atoms with Crippen LogP contribution in [0.4, 0.5) is 5.69 Å². The van der Waals surface area contributed by atoms with Gasteiger partial charge >= 0.3 is 0 Å².